The Balaban J connectivity index is -0.000000173. The zero-order valence-electron chi connectivity index (χ0n) is 6.80. The van der Waals surface area contributed by atoms with E-state index < -0.39 is 22.9 Å². The number of aliphatic carboxylic acids is 2. The van der Waals surface area contributed by atoms with Crippen molar-refractivity contribution in [2.75, 3.05) is 0 Å². The first-order valence-corrected chi connectivity index (χ1v) is 3.61. The molecule has 0 spiro atoms. The summed E-state index contributed by atoms with van der Waals surface area (Å²) >= 11 is 0. The van der Waals surface area contributed by atoms with Crippen molar-refractivity contribution in [3.63, 3.8) is 0 Å². The second-order valence-electron chi connectivity index (χ2n) is 1.50. The minimum atomic E-state index is -2.86. The normalized spacial score (nSPS) is 7.85. The number of hydrogen-bond donors (Lipinski definition) is 3. The van der Waals surface area contributed by atoms with Crippen LogP contribution in [-0.4, -0.2) is 26.7 Å². The molecule has 0 amide bonds. The molecule has 13 heavy (non-hydrogen) atoms. The van der Waals surface area contributed by atoms with Crippen molar-refractivity contribution in [1.29, 1.82) is 0 Å². The van der Waals surface area contributed by atoms with Gasteiger partial charge in [-0.2, -0.15) is 0 Å². The van der Waals surface area contributed by atoms with Gasteiger partial charge in [-0.3, -0.25) is 9.59 Å². The van der Waals surface area contributed by atoms with Crippen molar-refractivity contribution < 1.29 is 62.3 Å². The minimum Gasteiger partial charge on any atom is -0.481 e. The molecule has 0 saturated carbocycles. The average Bonchev–Trinajstić information content (AvgIpc) is 1.82. The molecule has 0 unspecified atom stereocenters. The van der Waals surface area contributed by atoms with Gasteiger partial charge in [-0.1, -0.05) is 0 Å². The standard InChI is InChI=1S/C4H6O4.Na.HO3S/c5-3(6)1-2-4(7)8;;1-4(2)3/h1-2H2,(H,5,6)(H,7,8);;(H,1,2,3)/q;+1;-1. The predicted molar refractivity (Wildman–Crippen MR) is 35.9 cm³/mol. The first-order valence-electron chi connectivity index (χ1n) is 2.58. The number of carboxylic acids is 2. The minimum absolute atomic E-state index is 0. The third-order valence-electron chi connectivity index (χ3n) is 0.553. The molecule has 0 fully saturated rings. The molecule has 0 aliphatic heterocycles. The maximum absolute atomic E-state index is 9.64. The predicted octanol–water partition coefficient (Wildman–Crippen LogP) is -3.29. The molecule has 7 nitrogen and oxygen atoms in total. The molecule has 0 bridgehead atoms. The van der Waals surface area contributed by atoms with Gasteiger partial charge in [0.15, 0.2) is 0 Å². The molecule has 0 aromatic rings. The summed E-state index contributed by atoms with van der Waals surface area (Å²) in [5, 5.41) is 15.8. The van der Waals surface area contributed by atoms with Gasteiger partial charge in [-0.25, -0.2) is 0 Å². The van der Waals surface area contributed by atoms with Crippen LogP contribution in [0.2, 0.25) is 0 Å². The van der Waals surface area contributed by atoms with Crippen LogP contribution in [0, 0.1) is 0 Å². The van der Waals surface area contributed by atoms with Gasteiger partial charge in [-0.15, -0.1) is 0 Å². The number of hydrogen-bond acceptors (Lipinski definition) is 5. The molecule has 0 heterocycles. The van der Waals surface area contributed by atoms with Crippen LogP contribution in [0.3, 0.4) is 0 Å². The quantitative estimate of drug-likeness (QED) is 0.197. The molecule has 0 aromatic heterocycles. The Morgan fingerprint density at radius 3 is 1.23 bits per heavy atom. The molecule has 0 aliphatic carbocycles. The fourth-order valence-electron chi connectivity index (χ4n) is 0.214. The summed E-state index contributed by atoms with van der Waals surface area (Å²) in [6.07, 6.45) is -0.593. The molecule has 0 rings (SSSR count). The summed E-state index contributed by atoms with van der Waals surface area (Å²) in [6.45, 7) is 0. The SMILES string of the molecule is O=C(O)CCC(=O)O.O=[S-](=O)O.[Na+]. The zero-order chi connectivity index (χ0) is 10.1. The van der Waals surface area contributed by atoms with E-state index in [2.05, 4.69) is 0 Å². The van der Waals surface area contributed by atoms with Crippen LogP contribution in [0.25, 0.3) is 0 Å². The van der Waals surface area contributed by atoms with E-state index in [0.717, 1.165) is 0 Å². The van der Waals surface area contributed by atoms with Crippen molar-refractivity contribution in [2.45, 2.75) is 12.8 Å². The van der Waals surface area contributed by atoms with E-state index >= 15 is 0 Å². The summed E-state index contributed by atoms with van der Waals surface area (Å²) in [4.78, 5) is 19.3. The number of rotatable bonds is 3. The number of carbonyl (C=O) groups is 2. The molecule has 0 aliphatic rings. The third-order valence-corrected chi connectivity index (χ3v) is 0.553. The van der Waals surface area contributed by atoms with E-state index in [9.17, 15) is 9.59 Å². The third kappa shape index (κ3) is 48.9. The Hall–Kier alpha value is -0.150. The molecule has 0 saturated heterocycles. The second-order valence-corrected chi connectivity index (χ2v) is 1.94. The van der Waals surface area contributed by atoms with E-state index in [1.54, 1.807) is 0 Å². The van der Waals surface area contributed by atoms with E-state index in [1.807, 2.05) is 0 Å². The molecule has 3 N–H and O–H groups in total. The van der Waals surface area contributed by atoms with E-state index in [-0.39, 0.29) is 42.4 Å². The second kappa shape index (κ2) is 11.8. The fraction of sp³-hybridized carbons (Fsp3) is 0.500. The van der Waals surface area contributed by atoms with Gasteiger partial charge in [0.05, 0.1) is 12.8 Å². The van der Waals surface area contributed by atoms with Crippen LogP contribution < -0.4 is 29.6 Å². The molecule has 9 heteroatoms. The van der Waals surface area contributed by atoms with Crippen LogP contribution in [0.4, 0.5) is 0 Å². The van der Waals surface area contributed by atoms with Crippen molar-refractivity contribution in [3.05, 3.63) is 0 Å². The summed E-state index contributed by atoms with van der Waals surface area (Å²) < 4.78 is 24.1. The van der Waals surface area contributed by atoms with Gasteiger partial charge in [0.25, 0.3) is 0 Å². The Kier molecular flexibility index (Phi) is 17.0. The van der Waals surface area contributed by atoms with Crippen molar-refractivity contribution in [2.24, 2.45) is 0 Å². The first-order chi connectivity index (χ1) is 5.36. The molecule has 72 valence electrons. The van der Waals surface area contributed by atoms with Gasteiger partial charge in [0, 0.05) is 11.0 Å². The van der Waals surface area contributed by atoms with Crippen LogP contribution >= 0.6 is 0 Å². The van der Waals surface area contributed by atoms with Gasteiger partial charge >= 0.3 is 41.5 Å². The van der Waals surface area contributed by atoms with Crippen molar-refractivity contribution >= 4 is 22.9 Å². The Bertz CT molecular complexity index is 201. The van der Waals surface area contributed by atoms with Gasteiger partial charge in [0.2, 0.25) is 0 Å². The maximum atomic E-state index is 9.64. The molecule has 0 radical (unpaired) electrons. The summed E-state index contributed by atoms with van der Waals surface area (Å²) in [5.74, 6) is -2.15. The van der Waals surface area contributed by atoms with E-state index in [0.29, 0.717) is 0 Å². The maximum Gasteiger partial charge on any atom is 1.00 e. The van der Waals surface area contributed by atoms with Crippen LogP contribution in [-0.2, 0) is 29.0 Å². The van der Waals surface area contributed by atoms with Crippen molar-refractivity contribution in [3.8, 4) is 0 Å². The fourth-order valence-corrected chi connectivity index (χ4v) is 0.214. The van der Waals surface area contributed by atoms with Crippen molar-refractivity contribution in [1.82, 2.24) is 0 Å². The monoisotopic (exact) mass is 222 g/mol. The van der Waals surface area contributed by atoms with Gasteiger partial charge < -0.3 is 23.2 Å². The first kappa shape index (κ1) is 18.6. The summed E-state index contributed by atoms with van der Waals surface area (Å²) in [7, 11) is -2.86. The Morgan fingerprint density at radius 2 is 1.15 bits per heavy atom. The molecule has 0 aromatic carbocycles. The van der Waals surface area contributed by atoms with Crippen LogP contribution in [0.5, 0.6) is 0 Å². The van der Waals surface area contributed by atoms with Gasteiger partial charge in [0.1, 0.15) is 0 Å². The Labute approximate surface area is 97.8 Å². The summed E-state index contributed by atoms with van der Waals surface area (Å²) in [5.41, 5.74) is 0. The zero-order valence-corrected chi connectivity index (χ0v) is 9.61. The van der Waals surface area contributed by atoms with Gasteiger partial charge in [-0.05, 0) is 0 Å². The summed E-state index contributed by atoms with van der Waals surface area (Å²) in [6, 6.07) is 0. The van der Waals surface area contributed by atoms with E-state index in [1.165, 1.54) is 0 Å². The number of carboxylic acid groups (broad SMARTS) is 2. The van der Waals surface area contributed by atoms with Crippen LogP contribution in [0.1, 0.15) is 12.8 Å². The Morgan fingerprint density at radius 1 is 1.00 bits per heavy atom. The van der Waals surface area contributed by atoms with E-state index in [4.69, 9.17) is 23.2 Å². The topological polar surface area (TPSA) is 129 Å². The van der Waals surface area contributed by atoms with Crippen LogP contribution in [0.15, 0.2) is 0 Å². The smallest absolute Gasteiger partial charge is 0.481 e. The largest absolute Gasteiger partial charge is 1.00 e. The molecule has 0 atom stereocenters. The molecular formula is C4H7NaO7S. The molecular weight excluding hydrogens is 215 g/mol. The average molecular weight is 222 g/mol.